The Hall–Kier alpha value is -2.42. The number of alkyl halides is 2. The van der Waals surface area contributed by atoms with E-state index in [0.717, 1.165) is 36.5 Å². The van der Waals surface area contributed by atoms with Crippen molar-refractivity contribution in [3.63, 3.8) is 0 Å². The predicted octanol–water partition coefficient (Wildman–Crippen LogP) is 2.49. The van der Waals surface area contributed by atoms with E-state index in [4.69, 9.17) is 4.98 Å². The van der Waals surface area contributed by atoms with E-state index in [1.165, 1.54) is 10.7 Å². The number of halogens is 2. The topological polar surface area (TPSA) is 75.9 Å². The average Bonchev–Trinajstić information content (AvgIpc) is 3.36. The maximum Gasteiger partial charge on any atom is 0.282 e. The lowest BCUT2D eigenvalue weighted by Crippen LogP contribution is -2.40. The molecule has 0 radical (unpaired) electrons. The fourth-order valence-corrected chi connectivity index (χ4v) is 3.97. The van der Waals surface area contributed by atoms with Gasteiger partial charge in [0.2, 0.25) is 5.91 Å². The van der Waals surface area contributed by atoms with E-state index < -0.39 is 12.5 Å². The quantitative estimate of drug-likeness (QED) is 0.868. The number of fused-ring (bicyclic) bond motifs is 1. The molecule has 9 heteroatoms. The van der Waals surface area contributed by atoms with Gasteiger partial charge in [-0.25, -0.2) is 18.7 Å². The first-order valence-corrected chi connectivity index (χ1v) is 9.65. The van der Waals surface area contributed by atoms with Crippen LogP contribution < -0.4 is 5.32 Å². The molecule has 0 saturated carbocycles. The van der Waals surface area contributed by atoms with Crippen molar-refractivity contribution < 1.29 is 13.6 Å². The minimum atomic E-state index is -2.65. The van der Waals surface area contributed by atoms with E-state index in [-0.39, 0.29) is 17.6 Å². The molecule has 0 unspecified atom stereocenters. The fourth-order valence-electron chi connectivity index (χ4n) is 3.97. The molecule has 28 heavy (non-hydrogen) atoms. The van der Waals surface area contributed by atoms with Crippen LogP contribution in [0.2, 0.25) is 0 Å². The standard InChI is InChI=1S/C19H24F2N6O/c1-11-8-16(17(20)21)25-27(11)12(2)19(28)26-7-5-14-13(10-26)9-23-18(24-14)15-4-3-6-22-15/h8-9,12,15,17,22H,3-7,10H2,1-2H3/t12-,15+/m0/s1. The lowest BCUT2D eigenvalue weighted by Gasteiger charge is -2.31. The van der Waals surface area contributed by atoms with Crippen LogP contribution in [0.15, 0.2) is 12.3 Å². The molecule has 0 aliphatic carbocycles. The first-order chi connectivity index (χ1) is 13.4. The number of rotatable bonds is 4. The van der Waals surface area contributed by atoms with Gasteiger partial charge in [-0.1, -0.05) is 0 Å². The normalized spacial score (nSPS) is 20.5. The van der Waals surface area contributed by atoms with Gasteiger partial charge >= 0.3 is 0 Å². The molecule has 2 aliphatic rings. The molecular weight excluding hydrogens is 366 g/mol. The molecule has 1 amide bonds. The van der Waals surface area contributed by atoms with Crippen LogP contribution in [0.5, 0.6) is 0 Å². The summed E-state index contributed by atoms with van der Waals surface area (Å²) in [4.78, 5) is 23.9. The molecule has 1 N–H and O–H groups in total. The molecule has 2 aliphatic heterocycles. The molecule has 0 bridgehead atoms. The zero-order valence-electron chi connectivity index (χ0n) is 16.0. The van der Waals surface area contributed by atoms with Crippen molar-refractivity contribution in [2.24, 2.45) is 0 Å². The molecule has 2 atom stereocenters. The summed E-state index contributed by atoms with van der Waals surface area (Å²) in [6.45, 7) is 5.34. The van der Waals surface area contributed by atoms with Gasteiger partial charge in [0, 0.05) is 37.0 Å². The first-order valence-electron chi connectivity index (χ1n) is 9.65. The Kier molecular flexibility index (Phi) is 5.09. The van der Waals surface area contributed by atoms with Gasteiger partial charge in [0.1, 0.15) is 17.6 Å². The monoisotopic (exact) mass is 390 g/mol. The van der Waals surface area contributed by atoms with Gasteiger partial charge in [-0.15, -0.1) is 0 Å². The summed E-state index contributed by atoms with van der Waals surface area (Å²) in [6, 6.07) is 0.903. The van der Waals surface area contributed by atoms with E-state index in [0.29, 0.717) is 25.2 Å². The summed E-state index contributed by atoms with van der Waals surface area (Å²) in [5.74, 6) is 0.690. The molecular formula is C19H24F2N6O. The number of nitrogens with zero attached hydrogens (tertiary/aromatic N) is 5. The van der Waals surface area contributed by atoms with Gasteiger partial charge in [-0.2, -0.15) is 5.10 Å². The van der Waals surface area contributed by atoms with Crippen molar-refractivity contribution in [3.8, 4) is 0 Å². The Bertz CT molecular complexity index is 877. The number of aryl methyl sites for hydroxylation is 1. The first kappa shape index (κ1) is 18.9. The van der Waals surface area contributed by atoms with Gasteiger partial charge < -0.3 is 10.2 Å². The molecule has 1 fully saturated rings. The van der Waals surface area contributed by atoms with Crippen LogP contribution in [-0.4, -0.2) is 43.6 Å². The number of aromatic nitrogens is 4. The van der Waals surface area contributed by atoms with Crippen LogP contribution in [0.1, 0.15) is 66.7 Å². The maximum absolute atomic E-state index is 12.9. The smallest absolute Gasteiger partial charge is 0.282 e. The summed E-state index contributed by atoms with van der Waals surface area (Å²) in [5, 5.41) is 7.31. The molecule has 0 aromatic carbocycles. The fraction of sp³-hybridized carbons (Fsp3) is 0.579. The number of hydrogen-bond donors (Lipinski definition) is 1. The average molecular weight is 390 g/mol. The third kappa shape index (κ3) is 3.50. The largest absolute Gasteiger partial charge is 0.336 e. The molecule has 2 aromatic rings. The molecule has 0 spiro atoms. The summed E-state index contributed by atoms with van der Waals surface area (Å²) >= 11 is 0. The SMILES string of the molecule is Cc1cc(C(F)F)nn1[C@@H](C)C(=O)N1CCc2nc([C@H]3CCCN3)ncc2C1. The zero-order valence-corrected chi connectivity index (χ0v) is 16.0. The van der Waals surface area contributed by atoms with E-state index in [1.807, 2.05) is 6.20 Å². The van der Waals surface area contributed by atoms with Gasteiger partial charge in [-0.3, -0.25) is 9.48 Å². The van der Waals surface area contributed by atoms with Crippen molar-refractivity contribution >= 4 is 5.91 Å². The molecule has 1 saturated heterocycles. The Morgan fingerprint density at radius 2 is 2.21 bits per heavy atom. The lowest BCUT2D eigenvalue weighted by atomic mass is 10.1. The third-order valence-corrected chi connectivity index (χ3v) is 5.53. The second kappa shape index (κ2) is 7.54. The highest BCUT2D eigenvalue weighted by molar-refractivity contribution is 5.80. The second-order valence-corrected chi connectivity index (χ2v) is 7.49. The Morgan fingerprint density at radius 1 is 1.39 bits per heavy atom. The summed E-state index contributed by atoms with van der Waals surface area (Å²) < 4.78 is 27.2. The number of amides is 1. The predicted molar refractivity (Wildman–Crippen MR) is 97.8 cm³/mol. The van der Waals surface area contributed by atoms with Crippen LogP contribution in [0.3, 0.4) is 0 Å². The summed E-state index contributed by atoms with van der Waals surface area (Å²) in [5.41, 5.74) is 2.18. The van der Waals surface area contributed by atoms with Gasteiger partial charge in [-0.05, 0) is 39.3 Å². The molecule has 7 nitrogen and oxygen atoms in total. The van der Waals surface area contributed by atoms with E-state index in [1.54, 1.807) is 18.7 Å². The molecule has 4 heterocycles. The minimum absolute atomic E-state index is 0.140. The zero-order chi connectivity index (χ0) is 19.8. The molecule has 150 valence electrons. The Morgan fingerprint density at radius 3 is 2.89 bits per heavy atom. The third-order valence-electron chi connectivity index (χ3n) is 5.53. The van der Waals surface area contributed by atoms with Crippen LogP contribution in [0.4, 0.5) is 8.78 Å². The van der Waals surface area contributed by atoms with Crippen molar-refractivity contribution in [2.75, 3.05) is 13.1 Å². The Balaban J connectivity index is 1.48. The highest BCUT2D eigenvalue weighted by Gasteiger charge is 2.29. The maximum atomic E-state index is 12.9. The highest BCUT2D eigenvalue weighted by atomic mass is 19.3. The van der Waals surface area contributed by atoms with Crippen molar-refractivity contribution in [1.29, 1.82) is 0 Å². The second-order valence-electron chi connectivity index (χ2n) is 7.49. The van der Waals surface area contributed by atoms with Crippen LogP contribution >= 0.6 is 0 Å². The number of hydrogen-bond acceptors (Lipinski definition) is 5. The van der Waals surface area contributed by atoms with Crippen LogP contribution in [0, 0.1) is 6.92 Å². The Labute approximate surface area is 162 Å². The van der Waals surface area contributed by atoms with Crippen molar-refractivity contribution in [3.05, 3.63) is 40.7 Å². The van der Waals surface area contributed by atoms with Crippen LogP contribution in [-0.2, 0) is 17.8 Å². The van der Waals surface area contributed by atoms with Gasteiger partial charge in [0.25, 0.3) is 6.43 Å². The highest BCUT2D eigenvalue weighted by Crippen LogP contribution is 2.25. The van der Waals surface area contributed by atoms with Crippen molar-refractivity contribution in [2.45, 2.75) is 58.2 Å². The van der Waals surface area contributed by atoms with Crippen molar-refractivity contribution in [1.82, 2.24) is 30.0 Å². The number of nitrogens with one attached hydrogen (secondary N) is 1. The number of carbonyl (C=O) groups excluding carboxylic acids is 1. The summed E-state index contributed by atoms with van der Waals surface area (Å²) in [6.07, 6.45) is 2.01. The lowest BCUT2D eigenvalue weighted by molar-refractivity contribution is -0.135. The van der Waals surface area contributed by atoms with E-state index in [9.17, 15) is 13.6 Å². The molecule has 2 aromatic heterocycles. The minimum Gasteiger partial charge on any atom is -0.336 e. The van der Waals surface area contributed by atoms with Gasteiger partial charge in [0.15, 0.2) is 0 Å². The molecule has 4 rings (SSSR count). The number of carbonyl (C=O) groups is 1. The van der Waals surface area contributed by atoms with E-state index in [2.05, 4.69) is 15.4 Å². The summed E-state index contributed by atoms with van der Waals surface area (Å²) in [7, 11) is 0. The van der Waals surface area contributed by atoms with Crippen LogP contribution in [0.25, 0.3) is 0 Å². The van der Waals surface area contributed by atoms with Gasteiger partial charge in [0.05, 0.1) is 11.7 Å². The van der Waals surface area contributed by atoms with E-state index >= 15 is 0 Å².